The lowest BCUT2D eigenvalue weighted by Gasteiger charge is -2.39. The van der Waals surface area contributed by atoms with Crippen LogP contribution in [-0.2, 0) is 23.0 Å². The van der Waals surface area contributed by atoms with E-state index in [4.69, 9.17) is 4.74 Å². The largest absolute Gasteiger partial charge is 0.497 e. The van der Waals surface area contributed by atoms with Crippen molar-refractivity contribution in [1.29, 1.82) is 0 Å². The molecule has 2 aromatic rings. The molecule has 5 nitrogen and oxygen atoms in total. The van der Waals surface area contributed by atoms with E-state index in [0.717, 1.165) is 32.4 Å². The molecule has 0 amide bonds. The fourth-order valence-electron chi connectivity index (χ4n) is 3.93. The molecule has 7 heteroatoms. The maximum absolute atomic E-state index is 12.9. The molecule has 3 heterocycles. The highest BCUT2D eigenvalue weighted by molar-refractivity contribution is 7.89. The topological polar surface area (TPSA) is 49.9 Å². The Hall–Kier alpha value is -1.41. The maximum atomic E-state index is 12.9. The third-order valence-electron chi connectivity index (χ3n) is 5.47. The van der Waals surface area contributed by atoms with Crippen molar-refractivity contribution in [2.45, 2.75) is 36.7 Å². The van der Waals surface area contributed by atoms with Crippen molar-refractivity contribution in [3.8, 4) is 5.75 Å². The smallest absolute Gasteiger partial charge is 0.243 e. The zero-order chi connectivity index (χ0) is 18.1. The Labute approximate surface area is 159 Å². The summed E-state index contributed by atoms with van der Waals surface area (Å²) in [7, 11) is -1.84. The number of piperidine rings is 1. The van der Waals surface area contributed by atoms with Gasteiger partial charge in [-0.25, -0.2) is 8.42 Å². The molecular weight excluding hydrogens is 368 g/mol. The summed E-state index contributed by atoms with van der Waals surface area (Å²) in [6, 6.07) is 9.37. The predicted octanol–water partition coefficient (Wildman–Crippen LogP) is 2.97. The quantitative estimate of drug-likeness (QED) is 0.803. The normalized spacial score (nSPS) is 20.0. The Bertz CT molecular complexity index is 853. The van der Waals surface area contributed by atoms with E-state index in [1.165, 1.54) is 10.4 Å². The lowest BCUT2D eigenvalue weighted by molar-refractivity contribution is 0.127. The highest BCUT2D eigenvalue weighted by Gasteiger charge is 2.32. The number of sulfonamides is 1. The van der Waals surface area contributed by atoms with Gasteiger partial charge in [0.25, 0.3) is 0 Å². The van der Waals surface area contributed by atoms with Crippen molar-refractivity contribution in [2.75, 3.05) is 26.7 Å². The number of benzene rings is 1. The Kier molecular flexibility index (Phi) is 5.05. The second-order valence-corrected chi connectivity index (χ2v) is 9.84. The van der Waals surface area contributed by atoms with Crippen molar-refractivity contribution in [3.05, 3.63) is 46.2 Å². The number of fused-ring (bicyclic) bond motifs is 1. The molecular formula is C19H24N2O3S2. The molecule has 0 spiro atoms. The number of nitrogens with zero attached hydrogens (tertiary/aromatic N) is 2. The van der Waals surface area contributed by atoms with Crippen molar-refractivity contribution in [1.82, 2.24) is 9.21 Å². The molecule has 0 N–H and O–H groups in total. The molecule has 0 unspecified atom stereocenters. The van der Waals surface area contributed by atoms with Crippen LogP contribution < -0.4 is 4.74 Å². The Morgan fingerprint density at radius 2 is 1.81 bits per heavy atom. The van der Waals surface area contributed by atoms with Gasteiger partial charge in [-0.15, -0.1) is 11.3 Å². The van der Waals surface area contributed by atoms with Crippen LogP contribution in [0, 0.1) is 0 Å². The molecule has 0 bridgehead atoms. The Balaban J connectivity index is 1.40. The minimum absolute atomic E-state index is 0.345. The van der Waals surface area contributed by atoms with Crippen LogP contribution in [0.25, 0.3) is 0 Å². The van der Waals surface area contributed by atoms with Gasteiger partial charge in [0, 0.05) is 37.1 Å². The van der Waals surface area contributed by atoms with E-state index < -0.39 is 10.0 Å². The highest BCUT2D eigenvalue weighted by Crippen LogP contribution is 2.29. The Morgan fingerprint density at radius 3 is 2.50 bits per heavy atom. The molecule has 4 rings (SSSR count). The summed E-state index contributed by atoms with van der Waals surface area (Å²) in [5.41, 5.74) is 1.45. The molecule has 26 heavy (non-hydrogen) atoms. The third-order valence-corrected chi connectivity index (χ3v) is 8.41. The van der Waals surface area contributed by atoms with Crippen LogP contribution in [0.4, 0.5) is 0 Å². The van der Waals surface area contributed by atoms with Gasteiger partial charge >= 0.3 is 0 Å². The first-order valence-electron chi connectivity index (χ1n) is 9.01. The lowest BCUT2D eigenvalue weighted by Crippen LogP contribution is -2.47. The molecule has 1 saturated heterocycles. The molecule has 0 aliphatic carbocycles. The standard InChI is InChI=1S/C19H24N2O3S2/c1-24-17-2-4-18(5-3-17)26(22,23)21-11-6-16(7-12-21)20-10-8-19-15(14-20)9-13-25-19/h2-5,9,13,16H,6-8,10-12,14H2,1H3. The first kappa shape index (κ1) is 18.0. The zero-order valence-electron chi connectivity index (χ0n) is 14.9. The average Bonchev–Trinajstić information content (AvgIpc) is 3.16. The summed E-state index contributed by atoms with van der Waals surface area (Å²) in [6.07, 6.45) is 2.92. The van der Waals surface area contributed by atoms with Gasteiger partial charge in [0.1, 0.15) is 5.75 Å². The third kappa shape index (κ3) is 3.41. The Morgan fingerprint density at radius 1 is 1.08 bits per heavy atom. The number of hydrogen-bond donors (Lipinski definition) is 0. The van der Waals surface area contributed by atoms with E-state index in [1.54, 1.807) is 35.7 Å². The van der Waals surface area contributed by atoms with Gasteiger partial charge in [0.05, 0.1) is 12.0 Å². The number of rotatable bonds is 4. The monoisotopic (exact) mass is 392 g/mol. The number of methoxy groups -OCH3 is 1. The average molecular weight is 393 g/mol. The summed E-state index contributed by atoms with van der Waals surface area (Å²) in [4.78, 5) is 4.39. The summed E-state index contributed by atoms with van der Waals surface area (Å²) in [5.74, 6) is 0.667. The lowest BCUT2D eigenvalue weighted by atomic mass is 10.0. The van der Waals surface area contributed by atoms with Crippen molar-refractivity contribution in [3.63, 3.8) is 0 Å². The molecule has 1 fully saturated rings. The van der Waals surface area contributed by atoms with Gasteiger partial charge in [-0.3, -0.25) is 4.90 Å². The molecule has 2 aliphatic rings. The van der Waals surface area contributed by atoms with Crippen molar-refractivity contribution >= 4 is 21.4 Å². The van der Waals surface area contributed by atoms with Gasteiger partial charge in [0.2, 0.25) is 10.0 Å². The van der Waals surface area contributed by atoms with Crippen molar-refractivity contribution < 1.29 is 13.2 Å². The molecule has 0 atom stereocenters. The first-order chi connectivity index (χ1) is 12.6. The van der Waals surface area contributed by atoms with Crippen LogP contribution in [0.3, 0.4) is 0 Å². The van der Waals surface area contributed by atoms with Gasteiger partial charge in [0.15, 0.2) is 0 Å². The molecule has 1 aromatic carbocycles. The van der Waals surface area contributed by atoms with E-state index >= 15 is 0 Å². The second-order valence-electron chi connectivity index (χ2n) is 6.90. The maximum Gasteiger partial charge on any atom is 0.243 e. The fraction of sp³-hybridized carbons (Fsp3) is 0.474. The minimum Gasteiger partial charge on any atom is -0.497 e. The van der Waals surface area contributed by atoms with E-state index in [1.807, 2.05) is 11.3 Å². The van der Waals surface area contributed by atoms with Crippen LogP contribution in [0.5, 0.6) is 5.75 Å². The van der Waals surface area contributed by atoms with Gasteiger partial charge < -0.3 is 4.74 Å². The molecule has 0 radical (unpaired) electrons. The van der Waals surface area contributed by atoms with Crippen LogP contribution in [0.1, 0.15) is 23.3 Å². The molecule has 2 aliphatic heterocycles. The number of hydrogen-bond acceptors (Lipinski definition) is 5. The SMILES string of the molecule is COc1ccc(S(=O)(=O)N2CCC(N3CCc4sccc4C3)CC2)cc1. The van der Waals surface area contributed by atoms with Gasteiger partial charge in [-0.1, -0.05) is 0 Å². The number of thiophene rings is 1. The first-order valence-corrected chi connectivity index (χ1v) is 11.3. The molecule has 1 aromatic heterocycles. The second kappa shape index (κ2) is 7.31. The number of ether oxygens (including phenoxy) is 1. The predicted molar refractivity (Wildman–Crippen MR) is 103 cm³/mol. The summed E-state index contributed by atoms with van der Waals surface area (Å²) >= 11 is 1.85. The van der Waals surface area contributed by atoms with E-state index in [-0.39, 0.29) is 0 Å². The van der Waals surface area contributed by atoms with E-state index in [9.17, 15) is 8.42 Å². The minimum atomic E-state index is -3.42. The van der Waals surface area contributed by atoms with Gasteiger partial charge in [-0.2, -0.15) is 4.31 Å². The summed E-state index contributed by atoms with van der Waals surface area (Å²) in [5, 5.41) is 2.18. The van der Waals surface area contributed by atoms with E-state index in [0.29, 0.717) is 29.8 Å². The van der Waals surface area contributed by atoms with Gasteiger partial charge in [-0.05, 0) is 60.5 Å². The molecule has 140 valence electrons. The van der Waals surface area contributed by atoms with E-state index in [2.05, 4.69) is 16.3 Å². The van der Waals surface area contributed by atoms with Crippen LogP contribution >= 0.6 is 11.3 Å². The molecule has 0 saturated carbocycles. The summed E-state index contributed by atoms with van der Waals surface area (Å²) in [6.45, 7) is 3.27. The van der Waals surface area contributed by atoms with Crippen LogP contribution in [-0.4, -0.2) is 50.4 Å². The zero-order valence-corrected chi connectivity index (χ0v) is 16.6. The highest BCUT2D eigenvalue weighted by atomic mass is 32.2. The van der Waals surface area contributed by atoms with Crippen LogP contribution in [0.2, 0.25) is 0 Å². The summed E-state index contributed by atoms with van der Waals surface area (Å²) < 4.78 is 32.5. The fourth-order valence-corrected chi connectivity index (χ4v) is 6.29. The van der Waals surface area contributed by atoms with Crippen molar-refractivity contribution in [2.24, 2.45) is 0 Å². The van der Waals surface area contributed by atoms with Crippen LogP contribution in [0.15, 0.2) is 40.6 Å².